The number of rotatable bonds is 13. The second-order valence-corrected chi connectivity index (χ2v) is 7.30. The van der Waals surface area contributed by atoms with E-state index in [2.05, 4.69) is 27.5 Å². The lowest BCUT2D eigenvalue weighted by Gasteiger charge is -2.20. The van der Waals surface area contributed by atoms with Crippen LogP contribution in [0.4, 0.5) is 0 Å². The fourth-order valence-electron chi connectivity index (χ4n) is 2.36. The number of amidine groups is 1. The van der Waals surface area contributed by atoms with E-state index >= 15 is 0 Å². The molecule has 2 unspecified atom stereocenters. The molecule has 0 amide bonds. The van der Waals surface area contributed by atoms with E-state index < -0.39 is 0 Å². The molecule has 0 aromatic carbocycles. The van der Waals surface area contributed by atoms with Gasteiger partial charge in [0.25, 0.3) is 0 Å². The number of carbonyl (C=O) groups is 1. The van der Waals surface area contributed by atoms with Gasteiger partial charge in [-0.2, -0.15) is 0 Å². The SMILES string of the molecule is CCCCCN=C(C)C(=NC(C)C(C)=NC)NC(C)NCCC(=O)OC(C)C. The summed E-state index contributed by atoms with van der Waals surface area (Å²) < 4.78 is 5.15. The number of esters is 1. The Hall–Kier alpha value is -1.76. The Morgan fingerprint density at radius 2 is 1.79 bits per heavy atom. The fourth-order valence-corrected chi connectivity index (χ4v) is 2.36. The number of carbonyl (C=O) groups excluding carboxylic acids is 1. The zero-order valence-corrected chi connectivity index (χ0v) is 19.1. The molecule has 0 aliphatic heterocycles. The number of unbranched alkanes of at least 4 members (excludes halogenated alkanes) is 2. The van der Waals surface area contributed by atoms with E-state index in [1.54, 1.807) is 7.05 Å². The summed E-state index contributed by atoms with van der Waals surface area (Å²) in [6.45, 7) is 15.2. The van der Waals surface area contributed by atoms with Gasteiger partial charge < -0.3 is 10.1 Å². The van der Waals surface area contributed by atoms with Crippen molar-refractivity contribution in [1.82, 2.24) is 10.6 Å². The van der Waals surface area contributed by atoms with Crippen LogP contribution in [0.15, 0.2) is 15.0 Å². The Bertz CT molecular complexity index is 541. The molecule has 0 saturated heterocycles. The van der Waals surface area contributed by atoms with Crippen molar-refractivity contribution in [3.05, 3.63) is 0 Å². The van der Waals surface area contributed by atoms with Gasteiger partial charge in [0.1, 0.15) is 5.84 Å². The molecule has 0 aliphatic rings. The Morgan fingerprint density at radius 3 is 2.36 bits per heavy atom. The molecule has 162 valence electrons. The van der Waals surface area contributed by atoms with E-state index in [4.69, 9.17) is 9.73 Å². The first-order valence-electron chi connectivity index (χ1n) is 10.4. The molecular formula is C21H41N5O2. The standard InChI is InChI=1S/C21H41N5O2/c1-9-10-11-13-23-18(6)21(25-17(5)16(4)22-8)26-19(7)24-14-12-20(27)28-15(2)3/h15,17,19,24H,9-14H2,1-8H3,(H,25,26). The quantitative estimate of drug-likeness (QED) is 0.164. The van der Waals surface area contributed by atoms with Gasteiger partial charge in [-0.05, 0) is 48.0 Å². The van der Waals surface area contributed by atoms with Gasteiger partial charge in [0.2, 0.25) is 0 Å². The molecule has 2 atom stereocenters. The Kier molecular flexibility index (Phi) is 14.2. The Balaban J connectivity index is 4.91. The van der Waals surface area contributed by atoms with Crippen LogP contribution in [0.25, 0.3) is 0 Å². The zero-order chi connectivity index (χ0) is 21.5. The number of nitrogens with zero attached hydrogens (tertiary/aromatic N) is 3. The van der Waals surface area contributed by atoms with Crippen molar-refractivity contribution in [3.8, 4) is 0 Å². The average Bonchev–Trinajstić information content (AvgIpc) is 2.63. The van der Waals surface area contributed by atoms with E-state index in [1.165, 1.54) is 12.8 Å². The molecule has 0 rings (SSSR count). The first kappa shape index (κ1) is 26.2. The molecule has 0 radical (unpaired) electrons. The topological polar surface area (TPSA) is 87.4 Å². The smallest absolute Gasteiger partial charge is 0.307 e. The monoisotopic (exact) mass is 395 g/mol. The maximum atomic E-state index is 11.7. The first-order chi connectivity index (χ1) is 13.2. The van der Waals surface area contributed by atoms with Crippen LogP contribution in [-0.4, -0.2) is 61.7 Å². The van der Waals surface area contributed by atoms with E-state index in [1.807, 2.05) is 41.5 Å². The molecule has 0 bridgehead atoms. The predicted molar refractivity (Wildman–Crippen MR) is 120 cm³/mol. The van der Waals surface area contributed by atoms with Crippen LogP contribution in [0.2, 0.25) is 0 Å². The number of hydrogen-bond acceptors (Lipinski definition) is 6. The summed E-state index contributed by atoms with van der Waals surface area (Å²) in [6.07, 6.45) is 3.63. The highest BCUT2D eigenvalue weighted by molar-refractivity contribution is 6.40. The summed E-state index contributed by atoms with van der Waals surface area (Å²) >= 11 is 0. The summed E-state index contributed by atoms with van der Waals surface area (Å²) in [5.74, 6) is 0.567. The van der Waals surface area contributed by atoms with Gasteiger partial charge in [-0.15, -0.1) is 0 Å². The van der Waals surface area contributed by atoms with Gasteiger partial charge in [0.05, 0.1) is 30.4 Å². The molecule has 7 nitrogen and oxygen atoms in total. The summed E-state index contributed by atoms with van der Waals surface area (Å²) in [5, 5.41) is 6.67. The third-order valence-corrected chi connectivity index (χ3v) is 4.23. The van der Waals surface area contributed by atoms with Crippen LogP contribution in [0, 0.1) is 0 Å². The minimum atomic E-state index is -0.194. The molecule has 0 fully saturated rings. The van der Waals surface area contributed by atoms with Crippen LogP contribution in [-0.2, 0) is 9.53 Å². The zero-order valence-electron chi connectivity index (χ0n) is 19.1. The summed E-state index contributed by atoms with van der Waals surface area (Å²) in [5.41, 5.74) is 1.86. The third kappa shape index (κ3) is 12.6. The van der Waals surface area contributed by atoms with Crippen molar-refractivity contribution in [1.29, 1.82) is 0 Å². The average molecular weight is 396 g/mol. The molecule has 0 heterocycles. The van der Waals surface area contributed by atoms with Gasteiger partial charge in [0.15, 0.2) is 0 Å². The van der Waals surface area contributed by atoms with Gasteiger partial charge in [-0.3, -0.25) is 25.1 Å². The number of ether oxygens (including phenoxy) is 1. The molecule has 0 saturated carbocycles. The van der Waals surface area contributed by atoms with Gasteiger partial charge in [-0.25, -0.2) is 0 Å². The molecule has 0 aliphatic carbocycles. The summed E-state index contributed by atoms with van der Waals surface area (Å²) in [7, 11) is 1.78. The minimum Gasteiger partial charge on any atom is -0.463 e. The second kappa shape index (κ2) is 15.2. The number of aliphatic imine (C=N–C) groups is 3. The largest absolute Gasteiger partial charge is 0.463 e. The van der Waals surface area contributed by atoms with Gasteiger partial charge in [0, 0.05) is 25.8 Å². The van der Waals surface area contributed by atoms with Crippen molar-refractivity contribution in [2.75, 3.05) is 20.1 Å². The fraction of sp³-hybridized carbons (Fsp3) is 0.810. The van der Waals surface area contributed by atoms with Crippen molar-refractivity contribution in [2.24, 2.45) is 15.0 Å². The lowest BCUT2D eigenvalue weighted by atomic mass is 10.2. The highest BCUT2D eigenvalue weighted by Gasteiger charge is 2.12. The number of hydrogen-bond donors (Lipinski definition) is 2. The molecular weight excluding hydrogens is 354 g/mol. The van der Waals surface area contributed by atoms with Crippen LogP contribution in [0.5, 0.6) is 0 Å². The van der Waals surface area contributed by atoms with Crippen molar-refractivity contribution in [2.45, 2.75) is 92.5 Å². The molecule has 2 N–H and O–H groups in total. The first-order valence-corrected chi connectivity index (χ1v) is 10.4. The Labute approximate surface area is 171 Å². The maximum Gasteiger partial charge on any atom is 0.307 e. The van der Waals surface area contributed by atoms with Crippen molar-refractivity contribution in [3.63, 3.8) is 0 Å². The van der Waals surface area contributed by atoms with E-state index in [0.29, 0.717) is 13.0 Å². The van der Waals surface area contributed by atoms with Gasteiger partial charge >= 0.3 is 5.97 Å². The van der Waals surface area contributed by atoms with E-state index in [-0.39, 0.29) is 24.3 Å². The lowest BCUT2D eigenvalue weighted by molar-refractivity contribution is -0.147. The van der Waals surface area contributed by atoms with Crippen LogP contribution in [0.3, 0.4) is 0 Å². The summed E-state index contributed by atoms with van der Waals surface area (Å²) in [6, 6.07) is -0.0264. The second-order valence-electron chi connectivity index (χ2n) is 7.30. The maximum absolute atomic E-state index is 11.7. The van der Waals surface area contributed by atoms with Crippen LogP contribution >= 0.6 is 0 Å². The lowest BCUT2D eigenvalue weighted by Crippen LogP contribution is -2.46. The minimum absolute atomic E-state index is 0.0264. The van der Waals surface area contributed by atoms with Crippen LogP contribution < -0.4 is 10.6 Å². The highest BCUT2D eigenvalue weighted by Crippen LogP contribution is 1.99. The Morgan fingerprint density at radius 1 is 1.11 bits per heavy atom. The normalized spacial score (nSPS) is 15.5. The number of nitrogens with one attached hydrogen (secondary N) is 2. The summed E-state index contributed by atoms with van der Waals surface area (Å²) in [4.78, 5) is 25.3. The molecule has 7 heteroatoms. The highest BCUT2D eigenvalue weighted by atomic mass is 16.5. The van der Waals surface area contributed by atoms with Crippen LogP contribution in [0.1, 0.15) is 74.1 Å². The van der Waals surface area contributed by atoms with Crippen molar-refractivity contribution >= 4 is 23.2 Å². The molecule has 0 aromatic rings. The van der Waals surface area contributed by atoms with E-state index in [0.717, 1.165) is 30.2 Å². The predicted octanol–water partition coefficient (Wildman–Crippen LogP) is 3.38. The third-order valence-electron chi connectivity index (χ3n) is 4.23. The van der Waals surface area contributed by atoms with Gasteiger partial charge in [-0.1, -0.05) is 19.8 Å². The molecule has 28 heavy (non-hydrogen) atoms. The molecule has 0 aromatic heterocycles. The van der Waals surface area contributed by atoms with Crippen molar-refractivity contribution < 1.29 is 9.53 Å². The van der Waals surface area contributed by atoms with E-state index in [9.17, 15) is 4.79 Å². The molecule has 0 spiro atoms.